The average Bonchev–Trinajstić information content (AvgIpc) is 2.47. The first-order valence-electron chi connectivity index (χ1n) is 6.93. The van der Waals surface area contributed by atoms with Gasteiger partial charge in [0.1, 0.15) is 5.25 Å². The number of hydrogen-bond acceptors (Lipinski definition) is 4. The van der Waals surface area contributed by atoms with E-state index in [0.29, 0.717) is 22.6 Å². The number of unbranched alkanes of at least 4 members (excludes halogenated alkanes) is 1. The van der Waals surface area contributed by atoms with Crippen LogP contribution in [-0.2, 0) is 11.3 Å². The molecule has 0 bridgehead atoms. The molecule has 112 valence electrons. The molecule has 0 unspecified atom stereocenters. The van der Waals surface area contributed by atoms with Crippen LogP contribution in [0.25, 0.3) is 10.9 Å². The molecular weight excluding hydrogens is 288 g/mol. The summed E-state index contributed by atoms with van der Waals surface area (Å²) in [7, 11) is 0. The van der Waals surface area contributed by atoms with Gasteiger partial charge in [-0.15, -0.1) is 0 Å². The summed E-state index contributed by atoms with van der Waals surface area (Å²) in [6, 6.07) is 7.15. The van der Waals surface area contributed by atoms with Crippen LogP contribution in [0, 0.1) is 0 Å². The van der Waals surface area contributed by atoms with Crippen molar-refractivity contribution in [1.29, 1.82) is 0 Å². The molecule has 1 atom stereocenters. The van der Waals surface area contributed by atoms with Gasteiger partial charge in [0, 0.05) is 6.54 Å². The van der Waals surface area contributed by atoms with Crippen LogP contribution in [0.5, 0.6) is 0 Å². The molecule has 0 fully saturated rings. The van der Waals surface area contributed by atoms with E-state index in [1.54, 1.807) is 23.6 Å². The number of para-hydroxylation sites is 1. The summed E-state index contributed by atoms with van der Waals surface area (Å²) in [5.41, 5.74) is 0.504. The Kier molecular flexibility index (Phi) is 5.01. The fourth-order valence-corrected chi connectivity index (χ4v) is 2.83. The van der Waals surface area contributed by atoms with E-state index in [2.05, 4.69) is 4.98 Å². The number of carboxylic acids is 1. The van der Waals surface area contributed by atoms with E-state index in [1.807, 2.05) is 19.1 Å². The molecule has 6 heteroatoms. The minimum Gasteiger partial charge on any atom is -0.480 e. The Morgan fingerprint density at radius 2 is 2.14 bits per heavy atom. The monoisotopic (exact) mass is 306 g/mol. The molecule has 2 aromatic rings. The van der Waals surface area contributed by atoms with Gasteiger partial charge >= 0.3 is 5.97 Å². The quantitative estimate of drug-likeness (QED) is 0.656. The van der Waals surface area contributed by atoms with Crippen molar-refractivity contribution in [2.45, 2.75) is 43.6 Å². The third kappa shape index (κ3) is 3.44. The van der Waals surface area contributed by atoms with Crippen LogP contribution in [0.2, 0.25) is 0 Å². The van der Waals surface area contributed by atoms with Crippen molar-refractivity contribution < 1.29 is 9.90 Å². The molecule has 1 aromatic heterocycles. The molecular formula is C15H18N2O3S. The highest BCUT2D eigenvalue weighted by atomic mass is 32.2. The largest absolute Gasteiger partial charge is 0.480 e. The van der Waals surface area contributed by atoms with Crippen molar-refractivity contribution in [3.63, 3.8) is 0 Å². The third-order valence-electron chi connectivity index (χ3n) is 3.19. The third-order valence-corrected chi connectivity index (χ3v) is 4.27. The Morgan fingerprint density at radius 3 is 2.81 bits per heavy atom. The molecule has 1 aromatic carbocycles. The van der Waals surface area contributed by atoms with Crippen LogP contribution < -0.4 is 5.56 Å². The SMILES string of the molecule is CCCCn1c(S[C@@H](C)C(=O)O)nc2ccccc2c1=O. The Labute approximate surface area is 127 Å². The summed E-state index contributed by atoms with van der Waals surface area (Å²) >= 11 is 1.11. The Hall–Kier alpha value is -1.82. The second-order valence-electron chi connectivity index (χ2n) is 4.82. The molecule has 0 radical (unpaired) electrons. The van der Waals surface area contributed by atoms with Gasteiger partial charge in [0.2, 0.25) is 0 Å². The molecule has 0 aliphatic carbocycles. The predicted octanol–water partition coefficient (Wildman–Crippen LogP) is 2.76. The van der Waals surface area contributed by atoms with Crippen molar-refractivity contribution >= 4 is 28.6 Å². The van der Waals surface area contributed by atoms with E-state index in [4.69, 9.17) is 5.11 Å². The maximum Gasteiger partial charge on any atom is 0.316 e. The van der Waals surface area contributed by atoms with E-state index < -0.39 is 11.2 Å². The zero-order valence-corrected chi connectivity index (χ0v) is 12.9. The van der Waals surface area contributed by atoms with Gasteiger partial charge in [0.15, 0.2) is 5.16 Å². The van der Waals surface area contributed by atoms with Gasteiger partial charge in [-0.3, -0.25) is 14.2 Å². The van der Waals surface area contributed by atoms with Crippen LogP contribution in [0.3, 0.4) is 0 Å². The van der Waals surface area contributed by atoms with E-state index in [9.17, 15) is 9.59 Å². The predicted molar refractivity (Wildman–Crippen MR) is 83.9 cm³/mol. The molecule has 5 nitrogen and oxygen atoms in total. The standard InChI is InChI=1S/C15H18N2O3S/c1-3-4-9-17-13(18)11-7-5-6-8-12(11)16-15(17)21-10(2)14(19)20/h5-8,10H,3-4,9H2,1-2H3,(H,19,20)/t10-/m0/s1. The normalized spacial score (nSPS) is 12.5. The number of thioether (sulfide) groups is 1. The minimum absolute atomic E-state index is 0.103. The lowest BCUT2D eigenvalue weighted by atomic mass is 10.2. The highest BCUT2D eigenvalue weighted by molar-refractivity contribution is 8.00. The fraction of sp³-hybridized carbons (Fsp3) is 0.400. The number of fused-ring (bicyclic) bond motifs is 1. The van der Waals surface area contributed by atoms with Gasteiger partial charge < -0.3 is 5.11 Å². The van der Waals surface area contributed by atoms with Gasteiger partial charge in [0.25, 0.3) is 5.56 Å². The molecule has 21 heavy (non-hydrogen) atoms. The average molecular weight is 306 g/mol. The fourth-order valence-electron chi connectivity index (χ4n) is 1.96. The lowest BCUT2D eigenvalue weighted by Gasteiger charge is -2.14. The van der Waals surface area contributed by atoms with Gasteiger partial charge in [-0.05, 0) is 25.5 Å². The summed E-state index contributed by atoms with van der Waals surface area (Å²) in [6.45, 7) is 4.20. The number of rotatable bonds is 6. The summed E-state index contributed by atoms with van der Waals surface area (Å²) in [5.74, 6) is -0.913. The van der Waals surface area contributed by atoms with Crippen molar-refractivity contribution in [2.24, 2.45) is 0 Å². The maximum absolute atomic E-state index is 12.6. The smallest absolute Gasteiger partial charge is 0.316 e. The van der Waals surface area contributed by atoms with Gasteiger partial charge in [0.05, 0.1) is 10.9 Å². The van der Waals surface area contributed by atoms with Crippen LogP contribution in [0.4, 0.5) is 0 Å². The van der Waals surface area contributed by atoms with Crippen LogP contribution in [0.1, 0.15) is 26.7 Å². The van der Waals surface area contributed by atoms with Crippen molar-refractivity contribution in [3.05, 3.63) is 34.6 Å². The van der Waals surface area contributed by atoms with E-state index in [1.165, 1.54) is 0 Å². The first kappa shape index (κ1) is 15.6. The molecule has 0 aliphatic rings. The second kappa shape index (κ2) is 6.76. The number of carboxylic acid groups (broad SMARTS) is 1. The Bertz CT molecular complexity index is 712. The number of aliphatic carboxylic acids is 1. The molecule has 0 saturated heterocycles. The first-order valence-corrected chi connectivity index (χ1v) is 7.81. The van der Waals surface area contributed by atoms with E-state index in [0.717, 1.165) is 24.6 Å². The van der Waals surface area contributed by atoms with Crippen LogP contribution in [-0.4, -0.2) is 25.9 Å². The summed E-state index contributed by atoms with van der Waals surface area (Å²) < 4.78 is 1.59. The van der Waals surface area contributed by atoms with Gasteiger partial charge in [-0.2, -0.15) is 0 Å². The molecule has 0 spiro atoms. The molecule has 1 N–H and O–H groups in total. The zero-order valence-electron chi connectivity index (χ0n) is 12.1. The number of benzene rings is 1. The van der Waals surface area contributed by atoms with Crippen LogP contribution >= 0.6 is 11.8 Å². The molecule has 0 amide bonds. The minimum atomic E-state index is -0.913. The van der Waals surface area contributed by atoms with Crippen molar-refractivity contribution in [1.82, 2.24) is 9.55 Å². The number of hydrogen-bond donors (Lipinski definition) is 1. The Balaban J connectivity index is 2.54. The Morgan fingerprint density at radius 1 is 1.43 bits per heavy atom. The number of carbonyl (C=O) groups is 1. The molecule has 0 aliphatic heterocycles. The summed E-state index contributed by atoms with van der Waals surface area (Å²) in [4.78, 5) is 28.1. The van der Waals surface area contributed by atoms with E-state index >= 15 is 0 Å². The topological polar surface area (TPSA) is 72.2 Å². The maximum atomic E-state index is 12.6. The highest BCUT2D eigenvalue weighted by Crippen LogP contribution is 2.22. The lowest BCUT2D eigenvalue weighted by molar-refractivity contribution is -0.136. The number of nitrogens with zero attached hydrogens (tertiary/aromatic N) is 2. The van der Waals surface area contributed by atoms with Crippen molar-refractivity contribution in [3.8, 4) is 0 Å². The number of aromatic nitrogens is 2. The summed E-state index contributed by atoms with van der Waals surface area (Å²) in [5, 5.41) is 9.45. The highest BCUT2D eigenvalue weighted by Gasteiger charge is 2.18. The molecule has 0 saturated carbocycles. The lowest BCUT2D eigenvalue weighted by Crippen LogP contribution is -2.25. The van der Waals surface area contributed by atoms with Gasteiger partial charge in [-0.25, -0.2) is 4.98 Å². The van der Waals surface area contributed by atoms with Crippen LogP contribution in [0.15, 0.2) is 34.2 Å². The first-order chi connectivity index (χ1) is 10.0. The van der Waals surface area contributed by atoms with E-state index in [-0.39, 0.29) is 5.56 Å². The second-order valence-corrected chi connectivity index (χ2v) is 6.13. The zero-order chi connectivity index (χ0) is 15.4. The molecule has 1 heterocycles. The van der Waals surface area contributed by atoms with Crippen molar-refractivity contribution in [2.75, 3.05) is 0 Å². The summed E-state index contributed by atoms with van der Waals surface area (Å²) in [6.07, 6.45) is 1.81. The molecule has 2 rings (SSSR count). The van der Waals surface area contributed by atoms with Gasteiger partial charge in [-0.1, -0.05) is 37.2 Å².